The summed E-state index contributed by atoms with van der Waals surface area (Å²) in [7, 11) is 0. The summed E-state index contributed by atoms with van der Waals surface area (Å²) < 4.78 is 5.82. The maximum absolute atomic E-state index is 5.84. The van der Waals surface area contributed by atoms with E-state index in [9.17, 15) is 0 Å². The smallest absolute Gasteiger partial charge is 0.0617 e. The van der Waals surface area contributed by atoms with Gasteiger partial charge in [0.2, 0.25) is 0 Å². The lowest BCUT2D eigenvalue weighted by Gasteiger charge is -2.28. The summed E-state index contributed by atoms with van der Waals surface area (Å²) in [6.07, 6.45) is 3.51. The van der Waals surface area contributed by atoms with Crippen molar-refractivity contribution in [2.45, 2.75) is 59.1 Å². The molecule has 3 unspecified atom stereocenters. The van der Waals surface area contributed by atoms with E-state index in [4.69, 9.17) is 10.6 Å². The molecular weight excluding hydrogens is 248 g/mol. The van der Waals surface area contributed by atoms with E-state index in [0.717, 1.165) is 25.9 Å². The van der Waals surface area contributed by atoms with Crippen LogP contribution >= 0.6 is 0 Å². The Hall–Kier alpha value is -0.900. The van der Waals surface area contributed by atoms with Gasteiger partial charge in [-0.05, 0) is 56.7 Å². The van der Waals surface area contributed by atoms with Crippen LogP contribution in [0.2, 0.25) is 0 Å². The summed E-state index contributed by atoms with van der Waals surface area (Å²) in [5.41, 5.74) is 8.55. The number of hydrogen-bond acceptors (Lipinski definition) is 3. The quantitative estimate of drug-likeness (QED) is 0.642. The summed E-state index contributed by atoms with van der Waals surface area (Å²) >= 11 is 0. The molecule has 112 valence electrons. The molecule has 1 aromatic rings. The van der Waals surface area contributed by atoms with Crippen LogP contribution in [0.4, 0.5) is 0 Å². The van der Waals surface area contributed by atoms with Gasteiger partial charge in [0, 0.05) is 18.6 Å². The predicted octanol–water partition coefficient (Wildman–Crippen LogP) is 2.80. The van der Waals surface area contributed by atoms with Crippen molar-refractivity contribution >= 4 is 0 Å². The zero-order valence-corrected chi connectivity index (χ0v) is 13.2. The molecule has 0 radical (unpaired) electrons. The zero-order valence-electron chi connectivity index (χ0n) is 13.2. The second-order valence-electron chi connectivity index (χ2n) is 6.12. The standard InChI is InChI=1S/C17H28N2O/c1-5-17-14(6-7-20-17)16(19-18)10-15-12(3)8-11(2)9-13(15)4/h8-9,14,16-17,19H,5-7,10,18H2,1-4H3. The zero-order chi connectivity index (χ0) is 14.7. The van der Waals surface area contributed by atoms with Crippen molar-refractivity contribution in [2.75, 3.05) is 6.61 Å². The molecule has 0 bridgehead atoms. The molecule has 3 heteroatoms. The van der Waals surface area contributed by atoms with Crippen LogP contribution in [-0.4, -0.2) is 18.8 Å². The molecule has 2 rings (SSSR count). The number of nitrogens with one attached hydrogen (secondary N) is 1. The number of ether oxygens (including phenoxy) is 1. The topological polar surface area (TPSA) is 47.3 Å². The van der Waals surface area contributed by atoms with Gasteiger partial charge < -0.3 is 4.74 Å². The number of hydrogen-bond donors (Lipinski definition) is 2. The fraction of sp³-hybridized carbons (Fsp3) is 0.647. The highest BCUT2D eigenvalue weighted by Gasteiger charge is 2.33. The molecule has 1 aliphatic heterocycles. The van der Waals surface area contributed by atoms with Crippen LogP contribution in [0.25, 0.3) is 0 Å². The Labute approximate surface area is 122 Å². The molecule has 1 saturated heterocycles. The third-order valence-corrected chi connectivity index (χ3v) is 4.66. The number of hydrazine groups is 1. The van der Waals surface area contributed by atoms with Crippen molar-refractivity contribution in [1.29, 1.82) is 0 Å². The van der Waals surface area contributed by atoms with Gasteiger partial charge >= 0.3 is 0 Å². The summed E-state index contributed by atoms with van der Waals surface area (Å²) in [4.78, 5) is 0. The highest BCUT2D eigenvalue weighted by molar-refractivity contribution is 5.38. The van der Waals surface area contributed by atoms with Gasteiger partial charge in [-0.15, -0.1) is 0 Å². The SMILES string of the molecule is CCC1OCCC1C(Cc1c(C)cc(C)cc1C)NN. The molecular formula is C17H28N2O. The van der Waals surface area contributed by atoms with E-state index in [-0.39, 0.29) is 0 Å². The molecule has 0 saturated carbocycles. The molecule has 1 heterocycles. The molecule has 0 amide bonds. The van der Waals surface area contributed by atoms with E-state index in [1.54, 1.807) is 0 Å². The van der Waals surface area contributed by atoms with Crippen molar-refractivity contribution in [3.05, 3.63) is 34.4 Å². The largest absolute Gasteiger partial charge is 0.378 e. The second kappa shape index (κ2) is 6.70. The van der Waals surface area contributed by atoms with E-state index < -0.39 is 0 Å². The Kier molecular flexibility index (Phi) is 5.19. The molecule has 3 nitrogen and oxygen atoms in total. The van der Waals surface area contributed by atoms with Crippen molar-refractivity contribution in [1.82, 2.24) is 5.43 Å². The van der Waals surface area contributed by atoms with E-state index in [0.29, 0.717) is 18.1 Å². The Morgan fingerprint density at radius 1 is 1.30 bits per heavy atom. The van der Waals surface area contributed by atoms with Gasteiger partial charge in [-0.2, -0.15) is 0 Å². The molecule has 1 aliphatic rings. The number of benzene rings is 1. The summed E-state index contributed by atoms with van der Waals surface area (Å²) in [5, 5.41) is 0. The van der Waals surface area contributed by atoms with E-state index in [1.165, 1.54) is 22.3 Å². The van der Waals surface area contributed by atoms with Crippen molar-refractivity contribution in [3.63, 3.8) is 0 Å². The highest BCUT2D eigenvalue weighted by Crippen LogP contribution is 2.29. The number of rotatable bonds is 5. The van der Waals surface area contributed by atoms with Gasteiger partial charge in [-0.1, -0.05) is 24.6 Å². The minimum atomic E-state index is 0.294. The third kappa shape index (κ3) is 3.22. The normalized spacial score (nSPS) is 24.1. The summed E-state index contributed by atoms with van der Waals surface area (Å²) in [6.45, 7) is 9.61. The maximum atomic E-state index is 5.84. The Morgan fingerprint density at radius 2 is 1.95 bits per heavy atom. The van der Waals surface area contributed by atoms with Gasteiger partial charge in [-0.25, -0.2) is 0 Å². The first-order valence-corrected chi connectivity index (χ1v) is 7.71. The second-order valence-corrected chi connectivity index (χ2v) is 6.12. The Bertz CT molecular complexity index is 435. The number of nitrogens with two attached hydrogens (primary N) is 1. The van der Waals surface area contributed by atoms with Gasteiger partial charge in [0.15, 0.2) is 0 Å². The molecule has 20 heavy (non-hydrogen) atoms. The van der Waals surface area contributed by atoms with Crippen molar-refractivity contribution < 1.29 is 4.74 Å². The molecule has 1 fully saturated rings. The molecule has 1 aromatic carbocycles. The lowest BCUT2D eigenvalue weighted by molar-refractivity contribution is 0.0774. The van der Waals surface area contributed by atoms with Gasteiger partial charge in [0.25, 0.3) is 0 Å². The van der Waals surface area contributed by atoms with Crippen LogP contribution < -0.4 is 11.3 Å². The van der Waals surface area contributed by atoms with Crippen LogP contribution in [0, 0.1) is 26.7 Å². The first kappa shape index (κ1) is 15.5. The van der Waals surface area contributed by atoms with Gasteiger partial charge in [0.05, 0.1) is 6.10 Å². The fourth-order valence-corrected chi connectivity index (χ4v) is 3.63. The summed E-state index contributed by atoms with van der Waals surface area (Å²) in [5.74, 6) is 6.36. The third-order valence-electron chi connectivity index (χ3n) is 4.66. The lowest BCUT2D eigenvalue weighted by atomic mass is 9.85. The molecule has 0 aliphatic carbocycles. The maximum Gasteiger partial charge on any atom is 0.0617 e. The van der Waals surface area contributed by atoms with Gasteiger partial charge in [-0.3, -0.25) is 11.3 Å². The average molecular weight is 276 g/mol. The first-order chi connectivity index (χ1) is 9.56. The molecule has 3 atom stereocenters. The van der Waals surface area contributed by atoms with Crippen LogP contribution in [0.5, 0.6) is 0 Å². The van der Waals surface area contributed by atoms with Crippen molar-refractivity contribution in [2.24, 2.45) is 11.8 Å². The van der Waals surface area contributed by atoms with Crippen LogP contribution in [-0.2, 0) is 11.2 Å². The number of aryl methyl sites for hydroxylation is 3. The summed E-state index contributed by atoms with van der Waals surface area (Å²) in [6, 6.07) is 4.82. The monoisotopic (exact) mass is 276 g/mol. The highest BCUT2D eigenvalue weighted by atomic mass is 16.5. The van der Waals surface area contributed by atoms with E-state index in [2.05, 4.69) is 45.3 Å². The van der Waals surface area contributed by atoms with Crippen LogP contribution in [0.15, 0.2) is 12.1 Å². The van der Waals surface area contributed by atoms with Crippen LogP contribution in [0.1, 0.15) is 42.0 Å². The van der Waals surface area contributed by atoms with E-state index in [1.807, 2.05) is 0 Å². The minimum Gasteiger partial charge on any atom is -0.378 e. The molecule has 0 spiro atoms. The van der Waals surface area contributed by atoms with Crippen molar-refractivity contribution in [3.8, 4) is 0 Å². The van der Waals surface area contributed by atoms with Gasteiger partial charge in [0.1, 0.15) is 0 Å². The lowest BCUT2D eigenvalue weighted by Crippen LogP contribution is -2.45. The molecule has 0 aromatic heterocycles. The Morgan fingerprint density at radius 3 is 2.50 bits per heavy atom. The minimum absolute atomic E-state index is 0.294. The average Bonchev–Trinajstić information content (AvgIpc) is 2.86. The predicted molar refractivity (Wildman–Crippen MR) is 83.6 cm³/mol. The Balaban J connectivity index is 2.18. The van der Waals surface area contributed by atoms with E-state index >= 15 is 0 Å². The molecule has 3 N–H and O–H groups in total. The first-order valence-electron chi connectivity index (χ1n) is 7.71. The fourth-order valence-electron chi connectivity index (χ4n) is 3.63. The van der Waals surface area contributed by atoms with Crippen LogP contribution in [0.3, 0.4) is 0 Å².